The summed E-state index contributed by atoms with van der Waals surface area (Å²) in [6.45, 7) is 0. The molecule has 88 valence electrons. The molecular formula is C10H6Br2N2O2S. The number of carboxylic acid groups (broad SMARTS) is 1. The number of nitrogens with zero attached hydrogens (tertiary/aromatic N) is 1. The van der Waals surface area contributed by atoms with E-state index in [0.29, 0.717) is 4.88 Å². The Morgan fingerprint density at radius 3 is 2.65 bits per heavy atom. The molecule has 0 saturated carbocycles. The molecule has 1 aromatic heterocycles. The van der Waals surface area contributed by atoms with E-state index in [9.17, 15) is 4.79 Å². The van der Waals surface area contributed by atoms with Gasteiger partial charge in [0.05, 0.1) is 4.88 Å². The molecule has 2 rings (SSSR count). The van der Waals surface area contributed by atoms with Gasteiger partial charge in [-0.25, -0.2) is 9.78 Å². The minimum Gasteiger partial charge on any atom is -0.476 e. The van der Waals surface area contributed by atoms with Crippen molar-refractivity contribution in [3.05, 3.63) is 32.8 Å². The fraction of sp³-hybridized carbons (Fsp3) is 0. The third-order valence-electron chi connectivity index (χ3n) is 2.03. The molecule has 0 atom stereocenters. The number of nitrogen functional groups attached to an aromatic ring is 1. The highest BCUT2D eigenvalue weighted by molar-refractivity contribution is 9.13. The van der Waals surface area contributed by atoms with E-state index in [1.165, 1.54) is 0 Å². The molecule has 0 radical (unpaired) electrons. The van der Waals surface area contributed by atoms with Crippen molar-refractivity contribution in [2.45, 2.75) is 0 Å². The standard InChI is InChI=1S/C10H6Br2N2O2S/c11-5-2-1-4(3-6(5)12)8-7(9(15)16)14-10(13)17-8/h1-3H,(H2,13,14)(H,15,16). The number of anilines is 1. The van der Waals surface area contributed by atoms with Crippen LogP contribution in [-0.2, 0) is 0 Å². The van der Waals surface area contributed by atoms with E-state index in [-0.39, 0.29) is 10.8 Å². The highest BCUT2D eigenvalue weighted by Gasteiger charge is 2.18. The highest BCUT2D eigenvalue weighted by atomic mass is 79.9. The number of nitrogens with two attached hydrogens (primary N) is 1. The van der Waals surface area contributed by atoms with Crippen LogP contribution >= 0.6 is 43.2 Å². The quantitative estimate of drug-likeness (QED) is 0.837. The van der Waals surface area contributed by atoms with E-state index in [4.69, 9.17) is 10.8 Å². The van der Waals surface area contributed by atoms with Gasteiger partial charge in [-0.15, -0.1) is 0 Å². The van der Waals surface area contributed by atoms with Crippen molar-refractivity contribution in [3.8, 4) is 10.4 Å². The summed E-state index contributed by atoms with van der Waals surface area (Å²) >= 11 is 7.88. The molecule has 2 aromatic rings. The fourth-order valence-corrected chi connectivity index (χ4v) is 2.76. The van der Waals surface area contributed by atoms with Crippen molar-refractivity contribution in [1.82, 2.24) is 4.98 Å². The first-order valence-corrected chi connectivity index (χ1v) is 6.84. The lowest BCUT2D eigenvalue weighted by Gasteiger charge is -2.01. The molecule has 0 bridgehead atoms. The minimum atomic E-state index is -1.08. The van der Waals surface area contributed by atoms with Crippen LogP contribution in [0.4, 0.5) is 5.13 Å². The van der Waals surface area contributed by atoms with Gasteiger partial charge in [0, 0.05) is 8.95 Å². The lowest BCUT2D eigenvalue weighted by molar-refractivity contribution is 0.0692. The third kappa shape index (κ3) is 2.51. The molecule has 7 heteroatoms. The van der Waals surface area contributed by atoms with Crippen LogP contribution in [-0.4, -0.2) is 16.1 Å². The maximum absolute atomic E-state index is 11.0. The second-order valence-electron chi connectivity index (χ2n) is 3.16. The Morgan fingerprint density at radius 1 is 1.35 bits per heavy atom. The normalized spacial score (nSPS) is 10.5. The Balaban J connectivity index is 2.59. The minimum absolute atomic E-state index is 0.0123. The molecule has 0 aliphatic rings. The smallest absolute Gasteiger partial charge is 0.356 e. The molecule has 3 N–H and O–H groups in total. The van der Waals surface area contributed by atoms with Crippen LogP contribution < -0.4 is 5.73 Å². The predicted octanol–water partition coefficient (Wildman–Crippen LogP) is 3.62. The summed E-state index contributed by atoms with van der Waals surface area (Å²) in [5, 5.41) is 9.28. The van der Waals surface area contributed by atoms with Crippen molar-refractivity contribution in [1.29, 1.82) is 0 Å². The van der Waals surface area contributed by atoms with Gasteiger partial charge >= 0.3 is 5.97 Å². The van der Waals surface area contributed by atoms with Gasteiger partial charge in [-0.1, -0.05) is 17.4 Å². The number of carboxylic acids is 1. The zero-order chi connectivity index (χ0) is 12.6. The fourth-order valence-electron chi connectivity index (χ4n) is 1.31. The van der Waals surface area contributed by atoms with Gasteiger partial charge in [0.15, 0.2) is 10.8 Å². The zero-order valence-corrected chi connectivity index (χ0v) is 12.3. The summed E-state index contributed by atoms with van der Waals surface area (Å²) in [4.78, 5) is 15.4. The van der Waals surface area contributed by atoms with Gasteiger partial charge in [-0.2, -0.15) is 0 Å². The highest BCUT2D eigenvalue weighted by Crippen LogP contribution is 2.35. The summed E-state index contributed by atoms with van der Waals surface area (Å²) in [5.74, 6) is -1.08. The second kappa shape index (κ2) is 4.75. The Bertz CT molecular complexity index is 598. The van der Waals surface area contributed by atoms with Gasteiger partial charge in [-0.05, 0) is 49.6 Å². The molecule has 17 heavy (non-hydrogen) atoms. The van der Waals surface area contributed by atoms with Crippen LogP contribution in [0.5, 0.6) is 0 Å². The molecule has 0 amide bonds. The molecule has 0 aliphatic heterocycles. The molecule has 0 unspecified atom stereocenters. The maximum Gasteiger partial charge on any atom is 0.356 e. The Hall–Kier alpha value is -0.920. The van der Waals surface area contributed by atoms with E-state index in [0.717, 1.165) is 25.8 Å². The third-order valence-corrected chi connectivity index (χ3v) is 4.84. The van der Waals surface area contributed by atoms with E-state index < -0.39 is 5.97 Å². The topological polar surface area (TPSA) is 76.2 Å². The number of carbonyl (C=O) groups is 1. The number of rotatable bonds is 2. The van der Waals surface area contributed by atoms with Crippen molar-refractivity contribution in [3.63, 3.8) is 0 Å². The van der Waals surface area contributed by atoms with Crippen molar-refractivity contribution < 1.29 is 9.90 Å². The Morgan fingerprint density at radius 2 is 2.06 bits per heavy atom. The number of hydrogen-bond donors (Lipinski definition) is 2. The van der Waals surface area contributed by atoms with Crippen molar-refractivity contribution in [2.75, 3.05) is 5.73 Å². The average Bonchev–Trinajstić information content (AvgIpc) is 2.64. The molecule has 4 nitrogen and oxygen atoms in total. The van der Waals surface area contributed by atoms with Crippen LogP contribution in [0.1, 0.15) is 10.5 Å². The lowest BCUT2D eigenvalue weighted by Crippen LogP contribution is -1.99. The number of aromatic nitrogens is 1. The first-order valence-electron chi connectivity index (χ1n) is 4.44. The largest absolute Gasteiger partial charge is 0.476 e. The Labute approximate surface area is 118 Å². The molecule has 0 spiro atoms. The van der Waals surface area contributed by atoms with E-state index >= 15 is 0 Å². The summed E-state index contributed by atoms with van der Waals surface area (Å²) in [6, 6.07) is 5.47. The van der Waals surface area contributed by atoms with Crippen LogP contribution in [0, 0.1) is 0 Å². The van der Waals surface area contributed by atoms with Gasteiger partial charge in [0.2, 0.25) is 0 Å². The monoisotopic (exact) mass is 376 g/mol. The molecule has 1 aromatic carbocycles. The Kier molecular flexibility index (Phi) is 3.50. The second-order valence-corrected chi connectivity index (χ2v) is 5.90. The van der Waals surface area contributed by atoms with Crippen LogP contribution in [0.15, 0.2) is 27.1 Å². The number of hydrogen-bond acceptors (Lipinski definition) is 4. The summed E-state index contributed by atoms with van der Waals surface area (Å²) in [7, 11) is 0. The van der Waals surface area contributed by atoms with Crippen LogP contribution in [0.3, 0.4) is 0 Å². The molecular weight excluding hydrogens is 372 g/mol. The molecule has 0 saturated heterocycles. The predicted molar refractivity (Wildman–Crippen MR) is 74.3 cm³/mol. The molecule has 0 fully saturated rings. The lowest BCUT2D eigenvalue weighted by atomic mass is 10.1. The van der Waals surface area contributed by atoms with E-state index in [1.54, 1.807) is 0 Å². The zero-order valence-electron chi connectivity index (χ0n) is 8.28. The van der Waals surface area contributed by atoms with E-state index in [2.05, 4.69) is 36.8 Å². The number of benzene rings is 1. The summed E-state index contributed by atoms with van der Waals surface area (Å²) in [5.41, 5.74) is 6.30. The SMILES string of the molecule is Nc1nc(C(=O)O)c(-c2ccc(Br)c(Br)c2)s1. The van der Waals surface area contributed by atoms with Gasteiger partial charge in [-0.3, -0.25) is 0 Å². The maximum atomic E-state index is 11.0. The molecule has 0 aliphatic carbocycles. The molecule has 1 heterocycles. The number of halogens is 2. The number of thiazole rings is 1. The van der Waals surface area contributed by atoms with Crippen molar-refractivity contribution in [2.24, 2.45) is 0 Å². The van der Waals surface area contributed by atoms with Gasteiger partial charge in [0.1, 0.15) is 0 Å². The number of aromatic carboxylic acids is 1. The summed E-state index contributed by atoms with van der Waals surface area (Å²) in [6.07, 6.45) is 0. The van der Waals surface area contributed by atoms with Gasteiger partial charge in [0.25, 0.3) is 0 Å². The van der Waals surface area contributed by atoms with Gasteiger partial charge < -0.3 is 10.8 Å². The first-order chi connectivity index (χ1) is 7.99. The van der Waals surface area contributed by atoms with E-state index in [1.807, 2.05) is 18.2 Å². The average molecular weight is 378 g/mol. The van der Waals surface area contributed by atoms with Crippen LogP contribution in [0.2, 0.25) is 0 Å². The first kappa shape index (κ1) is 12.5. The summed E-state index contributed by atoms with van der Waals surface area (Å²) < 4.78 is 1.74. The van der Waals surface area contributed by atoms with Crippen molar-refractivity contribution >= 4 is 54.3 Å². The van der Waals surface area contributed by atoms with Crippen LogP contribution in [0.25, 0.3) is 10.4 Å².